The fourth-order valence-electron chi connectivity index (χ4n) is 3.83. The van der Waals surface area contributed by atoms with Crippen molar-refractivity contribution in [2.24, 2.45) is 5.41 Å². The first kappa shape index (κ1) is 16.4. The van der Waals surface area contributed by atoms with Gasteiger partial charge in [0.1, 0.15) is 6.61 Å². The van der Waals surface area contributed by atoms with E-state index >= 15 is 0 Å². The van der Waals surface area contributed by atoms with Crippen molar-refractivity contribution < 1.29 is 14.3 Å². The number of ether oxygens (including phenoxy) is 2. The number of halogens is 1. The Morgan fingerprint density at radius 1 is 1.17 bits per heavy atom. The molecule has 1 amide bonds. The maximum Gasteiger partial charge on any atom is 0.267 e. The Morgan fingerprint density at radius 3 is 2.70 bits per heavy atom. The third-order valence-electron chi connectivity index (χ3n) is 5.20. The SMILES string of the molecule is Cl.O=C(C1COc2ccccc2O1)N1CCC2(CCNCC2)C1. The summed E-state index contributed by atoms with van der Waals surface area (Å²) in [4.78, 5) is 14.7. The second-order valence-electron chi connectivity index (χ2n) is 6.62. The van der Waals surface area contributed by atoms with E-state index in [1.165, 1.54) is 12.8 Å². The third kappa shape index (κ3) is 3.12. The van der Waals surface area contributed by atoms with Crippen LogP contribution in [-0.2, 0) is 4.79 Å². The van der Waals surface area contributed by atoms with Gasteiger partial charge in [-0.1, -0.05) is 12.1 Å². The van der Waals surface area contributed by atoms with E-state index in [0.717, 1.165) is 38.3 Å². The molecule has 0 aromatic heterocycles. The lowest BCUT2D eigenvalue weighted by Gasteiger charge is -2.34. The highest BCUT2D eigenvalue weighted by Crippen LogP contribution is 2.39. The maximum atomic E-state index is 12.7. The summed E-state index contributed by atoms with van der Waals surface area (Å²) in [5.41, 5.74) is 0.328. The van der Waals surface area contributed by atoms with Crippen molar-refractivity contribution in [3.05, 3.63) is 24.3 Å². The molecule has 1 aromatic rings. The minimum atomic E-state index is -0.508. The Balaban J connectivity index is 0.00000156. The maximum absolute atomic E-state index is 12.7. The van der Waals surface area contributed by atoms with Crippen LogP contribution in [0.1, 0.15) is 19.3 Å². The zero-order chi connectivity index (χ0) is 15.0. The van der Waals surface area contributed by atoms with Crippen molar-refractivity contribution in [2.45, 2.75) is 25.4 Å². The second-order valence-corrected chi connectivity index (χ2v) is 6.62. The van der Waals surface area contributed by atoms with Gasteiger partial charge >= 0.3 is 0 Å². The molecule has 6 heteroatoms. The fourth-order valence-corrected chi connectivity index (χ4v) is 3.83. The summed E-state index contributed by atoms with van der Waals surface area (Å²) in [6.45, 7) is 4.16. The van der Waals surface area contributed by atoms with Gasteiger partial charge in [-0.3, -0.25) is 4.79 Å². The van der Waals surface area contributed by atoms with Crippen LogP contribution in [0.4, 0.5) is 0 Å². The van der Waals surface area contributed by atoms with Crippen LogP contribution in [0, 0.1) is 5.41 Å². The van der Waals surface area contributed by atoms with Crippen molar-refractivity contribution >= 4 is 18.3 Å². The minimum absolute atomic E-state index is 0. The van der Waals surface area contributed by atoms with E-state index < -0.39 is 6.10 Å². The predicted octanol–water partition coefficient (Wildman–Crippen LogP) is 1.85. The average Bonchev–Trinajstić information content (AvgIpc) is 2.98. The summed E-state index contributed by atoms with van der Waals surface area (Å²) >= 11 is 0. The monoisotopic (exact) mass is 338 g/mol. The Morgan fingerprint density at radius 2 is 1.91 bits per heavy atom. The highest BCUT2D eigenvalue weighted by atomic mass is 35.5. The van der Waals surface area contributed by atoms with Crippen LogP contribution in [-0.4, -0.2) is 49.7 Å². The topological polar surface area (TPSA) is 50.8 Å². The normalized spacial score (nSPS) is 25.0. The Hall–Kier alpha value is -1.46. The van der Waals surface area contributed by atoms with Crippen LogP contribution >= 0.6 is 12.4 Å². The van der Waals surface area contributed by atoms with Gasteiger partial charge in [-0.2, -0.15) is 0 Å². The number of carbonyl (C=O) groups is 1. The first-order valence-electron chi connectivity index (χ1n) is 8.14. The molecule has 4 rings (SSSR count). The third-order valence-corrected chi connectivity index (χ3v) is 5.20. The second kappa shape index (κ2) is 6.57. The number of nitrogens with one attached hydrogen (secondary N) is 1. The van der Waals surface area contributed by atoms with Gasteiger partial charge in [0, 0.05) is 13.1 Å². The van der Waals surface area contributed by atoms with E-state index in [1.54, 1.807) is 0 Å². The van der Waals surface area contributed by atoms with E-state index in [0.29, 0.717) is 17.8 Å². The lowest BCUT2D eigenvalue weighted by Crippen LogP contribution is -2.47. The predicted molar refractivity (Wildman–Crippen MR) is 89.3 cm³/mol. The molecule has 2 fully saturated rings. The van der Waals surface area contributed by atoms with Crippen LogP contribution in [0.15, 0.2) is 24.3 Å². The van der Waals surface area contributed by atoms with Crippen LogP contribution in [0.25, 0.3) is 0 Å². The quantitative estimate of drug-likeness (QED) is 0.849. The molecule has 126 valence electrons. The molecule has 1 atom stereocenters. The zero-order valence-corrected chi connectivity index (χ0v) is 13.9. The molecule has 1 N–H and O–H groups in total. The molecule has 1 aromatic carbocycles. The van der Waals surface area contributed by atoms with E-state index in [-0.39, 0.29) is 18.3 Å². The summed E-state index contributed by atoms with van der Waals surface area (Å²) in [6, 6.07) is 7.53. The van der Waals surface area contributed by atoms with Gasteiger partial charge in [0.15, 0.2) is 11.5 Å². The molecule has 23 heavy (non-hydrogen) atoms. The van der Waals surface area contributed by atoms with Gasteiger partial charge in [0.25, 0.3) is 5.91 Å². The molecule has 3 aliphatic heterocycles. The number of fused-ring (bicyclic) bond motifs is 1. The number of benzene rings is 1. The van der Waals surface area contributed by atoms with Crippen molar-refractivity contribution in [2.75, 3.05) is 32.8 Å². The minimum Gasteiger partial charge on any atom is -0.485 e. The molecule has 1 unspecified atom stereocenters. The molecule has 3 aliphatic rings. The van der Waals surface area contributed by atoms with Gasteiger partial charge in [-0.25, -0.2) is 0 Å². The van der Waals surface area contributed by atoms with Gasteiger partial charge in [0.05, 0.1) is 0 Å². The van der Waals surface area contributed by atoms with Crippen LogP contribution in [0.3, 0.4) is 0 Å². The van der Waals surface area contributed by atoms with E-state index in [2.05, 4.69) is 5.32 Å². The number of rotatable bonds is 1. The van der Waals surface area contributed by atoms with E-state index in [9.17, 15) is 4.79 Å². The number of carbonyl (C=O) groups excluding carboxylic acids is 1. The van der Waals surface area contributed by atoms with Crippen molar-refractivity contribution in [1.82, 2.24) is 10.2 Å². The lowest BCUT2D eigenvalue weighted by molar-refractivity contribution is -0.140. The molecule has 0 saturated carbocycles. The number of amides is 1. The first-order valence-corrected chi connectivity index (χ1v) is 8.14. The smallest absolute Gasteiger partial charge is 0.267 e. The molecule has 0 bridgehead atoms. The molecule has 0 aliphatic carbocycles. The Bertz CT molecular complexity index is 575. The lowest BCUT2D eigenvalue weighted by atomic mass is 9.78. The molecule has 3 heterocycles. The van der Waals surface area contributed by atoms with Gasteiger partial charge in [-0.15, -0.1) is 12.4 Å². The number of para-hydroxylation sites is 2. The number of nitrogens with zero attached hydrogens (tertiary/aromatic N) is 1. The highest BCUT2D eigenvalue weighted by molar-refractivity contribution is 5.85. The highest BCUT2D eigenvalue weighted by Gasteiger charge is 2.43. The van der Waals surface area contributed by atoms with Crippen LogP contribution in [0.5, 0.6) is 11.5 Å². The van der Waals surface area contributed by atoms with Gasteiger partial charge in [0.2, 0.25) is 6.10 Å². The van der Waals surface area contributed by atoms with Gasteiger partial charge < -0.3 is 19.7 Å². The molecular weight excluding hydrogens is 316 g/mol. The summed E-state index contributed by atoms with van der Waals surface area (Å²) < 4.78 is 11.5. The van der Waals surface area contributed by atoms with Gasteiger partial charge in [-0.05, 0) is 49.9 Å². The Labute approximate surface area is 142 Å². The largest absolute Gasteiger partial charge is 0.485 e. The standard InChI is InChI=1S/C17H22N2O3.ClH/c20-16(15-11-21-13-3-1-2-4-14(13)22-15)19-10-7-17(12-19)5-8-18-9-6-17;/h1-4,15,18H,5-12H2;1H. The Kier molecular flexibility index (Phi) is 4.69. The molecule has 0 radical (unpaired) electrons. The van der Waals surface area contributed by atoms with Crippen LogP contribution < -0.4 is 14.8 Å². The number of hydrogen-bond acceptors (Lipinski definition) is 4. The van der Waals surface area contributed by atoms with E-state index in [1.807, 2.05) is 29.2 Å². The summed E-state index contributed by atoms with van der Waals surface area (Å²) in [5.74, 6) is 1.47. The molecular formula is C17H23ClN2O3. The van der Waals surface area contributed by atoms with Crippen molar-refractivity contribution in [3.63, 3.8) is 0 Å². The molecule has 2 saturated heterocycles. The molecule has 5 nitrogen and oxygen atoms in total. The van der Waals surface area contributed by atoms with Crippen molar-refractivity contribution in [3.8, 4) is 11.5 Å². The number of hydrogen-bond donors (Lipinski definition) is 1. The number of likely N-dealkylation sites (tertiary alicyclic amines) is 1. The molecule has 1 spiro atoms. The van der Waals surface area contributed by atoms with E-state index in [4.69, 9.17) is 9.47 Å². The summed E-state index contributed by atoms with van der Waals surface area (Å²) in [7, 11) is 0. The summed E-state index contributed by atoms with van der Waals surface area (Å²) in [5, 5.41) is 3.41. The fraction of sp³-hybridized carbons (Fsp3) is 0.588. The first-order chi connectivity index (χ1) is 10.8. The zero-order valence-electron chi connectivity index (χ0n) is 13.1. The summed E-state index contributed by atoms with van der Waals surface area (Å²) in [6.07, 6.45) is 2.94. The van der Waals surface area contributed by atoms with Crippen molar-refractivity contribution in [1.29, 1.82) is 0 Å². The van der Waals surface area contributed by atoms with Crippen LogP contribution in [0.2, 0.25) is 0 Å². The average molecular weight is 339 g/mol. The number of piperidine rings is 1.